The molecule has 0 unspecified atom stereocenters. The Morgan fingerprint density at radius 2 is 0.776 bits per heavy atom. The van der Waals surface area contributed by atoms with Gasteiger partial charge in [-0.1, -0.05) is 201 Å². The summed E-state index contributed by atoms with van der Waals surface area (Å²) in [5, 5.41) is 3.25. The van der Waals surface area contributed by atoms with E-state index in [1.54, 1.807) is 6.92 Å². The molecule has 0 radical (unpaired) electrons. The lowest BCUT2D eigenvalue weighted by Crippen LogP contribution is -2.37. The van der Waals surface area contributed by atoms with Gasteiger partial charge in [0.05, 0.1) is 5.69 Å². The van der Waals surface area contributed by atoms with Gasteiger partial charge in [-0.2, -0.15) is 0 Å². The van der Waals surface area contributed by atoms with Crippen molar-refractivity contribution in [1.29, 1.82) is 0 Å². The molecule has 1 N–H and O–H groups in total. The summed E-state index contributed by atoms with van der Waals surface area (Å²) in [6, 6.07) is 0. The fraction of sp³-hybridized carbons (Fsp3) is 0.911. The number of hydrogen-bond acceptors (Lipinski definition) is 4. The monoisotopic (exact) mass is 687 g/mol. The van der Waals surface area contributed by atoms with Crippen molar-refractivity contribution < 1.29 is 0 Å². The first kappa shape index (κ1) is 45.9. The van der Waals surface area contributed by atoms with E-state index in [0.29, 0.717) is 11.3 Å². The summed E-state index contributed by atoms with van der Waals surface area (Å²) >= 11 is 0. The zero-order chi connectivity index (χ0) is 35.8. The van der Waals surface area contributed by atoms with Crippen molar-refractivity contribution >= 4 is 5.69 Å². The molecule has 4 nitrogen and oxygen atoms in total. The number of rotatable bonds is 38. The molecule has 0 aliphatic carbocycles. The summed E-state index contributed by atoms with van der Waals surface area (Å²) < 4.78 is 0. The van der Waals surface area contributed by atoms with Crippen LogP contribution in [0.3, 0.4) is 0 Å². The van der Waals surface area contributed by atoms with E-state index in [2.05, 4.69) is 37.9 Å². The minimum atomic E-state index is -0.328. The maximum absolute atomic E-state index is 11.8. The molecule has 1 rings (SSSR count). The summed E-state index contributed by atoms with van der Waals surface area (Å²) in [4.78, 5) is 26.1. The highest BCUT2D eigenvalue weighted by atomic mass is 16.2. The molecule has 0 atom stereocenters. The zero-order valence-electron chi connectivity index (χ0n) is 34.0. The minimum Gasteiger partial charge on any atom is -0.381 e. The van der Waals surface area contributed by atoms with Crippen LogP contribution in [0.25, 0.3) is 0 Å². The van der Waals surface area contributed by atoms with Crippen LogP contribution < -0.4 is 16.2 Å². The highest BCUT2D eigenvalue weighted by Gasteiger charge is 2.16. The molecule has 1 aromatic carbocycles. The molecule has 4 heteroatoms. The Kier molecular flexibility index (Phi) is 30.6. The van der Waals surface area contributed by atoms with E-state index in [-0.39, 0.29) is 10.9 Å². The lowest BCUT2D eigenvalue weighted by molar-refractivity contribution is 0.259. The highest BCUT2D eigenvalue weighted by Crippen LogP contribution is 2.25. The van der Waals surface area contributed by atoms with Crippen molar-refractivity contribution in [3.05, 3.63) is 26.0 Å². The minimum absolute atomic E-state index is 0.314. The summed E-state index contributed by atoms with van der Waals surface area (Å²) in [6.07, 6.45) is 41.7. The molecule has 0 aliphatic rings. The normalized spacial score (nSPS) is 12.0. The third-order valence-corrected chi connectivity index (χ3v) is 11.4. The number of nitrogens with zero attached hydrogens (tertiary/aromatic N) is 1. The third kappa shape index (κ3) is 23.8. The van der Waals surface area contributed by atoms with E-state index in [4.69, 9.17) is 0 Å². The predicted molar refractivity (Wildman–Crippen MR) is 219 cm³/mol. The molecule has 0 aromatic heterocycles. The lowest BCUT2D eigenvalue weighted by atomic mass is 9.90. The zero-order valence-corrected chi connectivity index (χ0v) is 34.0. The molecular formula is C45H86N2O2. The van der Waals surface area contributed by atoms with Crippen LogP contribution in [-0.4, -0.2) is 31.1 Å². The number of anilines is 1. The van der Waals surface area contributed by atoms with Crippen molar-refractivity contribution in [2.75, 3.05) is 31.5 Å². The van der Waals surface area contributed by atoms with E-state index in [9.17, 15) is 9.59 Å². The molecule has 0 saturated heterocycles. The molecule has 49 heavy (non-hydrogen) atoms. The van der Waals surface area contributed by atoms with Crippen LogP contribution in [0.5, 0.6) is 0 Å². The van der Waals surface area contributed by atoms with Gasteiger partial charge in [0.1, 0.15) is 0 Å². The van der Waals surface area contributed by atoms with Gasteiger partial charge in [0.25, 0.3) is 0 Å². The van der Waals surface area contributed by atoms with Crippen LogP contribution in [0.2, 0.25) is 0 Å². The van der Waals surface area contributed by atoms with Gasteiger partial charge in [-0.05, 0) is 57.7 Å². The van der Waals surface area contributed by atoms with Crippen molar-refractivity contribution in [2.45, 2.75) is 227 Å². The lowest BCUT2D eigenvalue weighted by Gasteiger charge is -2.23. The molecule has 0 fully saturated rings. The Labute approximate surface area is 306 Å². The smallest absolute Gasteiger partial charge is 0.249 e. The van der Waals surface area contributed by atoms with Crippen molar-refractivity contribution in [3.63, 3.8) is 0 Å². The molecule has 0 aliphatic heterocycles. The molecule has 288 valence electrons. The van der Waals surface area contributed by atoms with Gasteiger partial charge in [0.15, 0.2) is 0 Å². The Balaban J connectivity index is 2.29. The van der Waals surface area contributed by atoms with Gasteiger partial charge in [0.2, 0.25) is 10.9 Å². The summed E-state index contributed by atoms with van der Waals surface area (Å²) in [5.41, 5.74) is 0.525. The van der Waals surface area contributed by atoms with E-state index in [1.807, 2.05) is 0 Å². The first-order chi connectivity index (χ1) is 24.0. The van der Waals surface area contributed by atoms with E-state index >= 15 is 0 Å². The van der Waals surface area contributed by atoms with Crippen LogP contribution in [0, 0.1) is 18.8 Å². The van der Waals surface area contributed by atoms with Crippen LogP contribution in [-0.2, 0) is 0 Å². The van der Waals surface area contributed by atoms with Gasteiger partial charge in [-0.25, -0.2) is 0 Å². The molecule has 1 aromatic rings. The van der Waals surface area contributed by atoms with Crippen LogP contribution in [0.4, 0.5) is 5.69 Å². The Morgan fingerprint density at radius 3 is 1.18 bits per heavy atom. The largest absolute Gasteiger partial charge is 0.381 e. The average molecular weight is 687 g/mol. The van der Waals surface area contributed by atoms with Crippen molar-refractivity contribution in [2.24, 2.45) is 11.8 Å². The molecule has 0 bridgehead atoms. The first-order valence-corrected chi connectivity index (χ1v) is 22.2. The van der Waals surface area contributed by atoms with E-state index in [1.165, 1.54) is 199 Å². The van der Waals surface area contributed by atoms with Crippen molar-refractivity contribution in [3.8, 4) is 0 Å². The average Bonchev–Trinajstić information content (AvgIpc) is 3.11. The Hall–Kier alpha value is -1.16. The van der Waals surface area contributed by atoms with Gasteiger partial charge in [0, 0.05) is 12.1 Å². The summed E-state index contributed by atoms with van der Waals surface area (Å²) in [5.74, 6) is 1.96. The molecule has 0 spiro atoms. The highest BCUT2D eigenvalue weighted by molar-refractivity contribution is 5.55. The Bertz CT molecular complexity index is 902. The van der Waals surface area contributed by atoms with Gasteiger partial charge in [-0.3, -0.25) is 9.59 Å². The van der Waals surface area contributed by atoms with Gasteiger partial charge in [-0.15, -0.1) is 0 Å². The SMILES string of the molecule is CCCCCC(CCCCC)CCCCCCCCCN(CCCCCCCCC(CCCC)CCCC)CCCNc1c(C)c(=O)c1=O. The third-order valence-electron chi connectivity index (χ3n) is 11.4. The summed E-state index contributed by atoms with van der Waals surface area (Å²) in [7, 11) is 0. The van der Waals surface area contributed by atoms with Crippen LogP contribution in [0.15, 0.2) is 9.59 Å². The van der Waals surface area contributed by atoms with Crippen LogP contribution in [0.1, 0.15) is 226 Å². The molecule has 0 amide bonds. The molecule has 0 heterocycles. The number of hydrogen-bond donors (Lipinski definition) is 1. The number of nitrogens with one attached hydrogen (secondary N) is 1. The second-order valence-corrected chi connectivity index (χ2v) is 16.0. The second kappa shape index (κ2) is 32.7. The van der Waals surface area contributed by atoms with Crippen LogP contribution >= 0.6 is 0 Å². The fourth-order valence-corrected chi connectivity index (χ4v) is 7.91. The first-order valence-electron chi connectivity index (χ1n) is 22.2. The number of unbranched alkanes of at least 4 members (excludes halogenated alkanes) is 17. The fourth-order valence-electron chi connectivity index (χ4n) is 7.91. The molecule has 0 saturated carbocycles. The van der Waals surface area contributed by atoms with Gasteiger partial charge >= 0.3 is 0 Å². The standard InChI is InChI=1S/C45H86N2O2/c1-6-10-23-32-42(33-24-11-7-2)35-26-19-15-14-17-21-27-37-47(39-29-36-46-43-40(5)44(48)45(43)49)38-28-22-18-16-20-25-34-41(30-12-8-3)31-13-9-4/h41-42,46H,6-39H2,1-5H3. The van der Waals surface area contributed by atoms with E-state index in [0.717, 1.165) is 31.3 Å². The maximum atomic E-state index is 11.8. The quantitative estimate of drug-likeness (QED) is 0.0555. The second-order valence-electron chi connectivity index (χ2n) is 16.0. The Morgan fingerprint density at radius 1 is 0.429 bits per heavy atom. The topological polar surface area (TPSA) is 49.4 Å². The maximum Gasteiger partial charge on any atom is 0.249 e. The van der Waals surface area contributed by atoms with Gasteiger partial charge < -0.3 is 10.2 Å². The van der Waals surface area contributed by atoms with Crippen molar-refractivity contribution in [1.82, 2.24) is 4.90 Å². The summed E-state index contributed by atoms with van der Waals surface area (Å²) in [6.45, 7) is 15.3. The molecular weight excluding hydrogens is 601 g/mol. The van der Waals surface area contributed by atoms with E-state index < -0.39 is 0 Å². The predicted octanol–water partition coefficient (Wildman–Crippen LogP) is 13.3.